The summed E-state index contributed by atoms with van der Waals surface area (Å²) >= 11 is 1.87. The largest absolute Gasteiger partial charge is 0.383 e. The Morgan fingerprint density at radius 1 is 1.07 bits per heavy atom. The van der Waals surface area contributed by atoms with Gasteiger partial charge < -0.3 is 20.7 Å². The van der Waals surface area contributed by atoms with E-state index in [0.717, 1.165) is 31.3 Å². The standard InChI is InChI=1S/C22H32N4OS.HI/c1-4-23-22(25-16-18(2)28-21-8-6-5-7-9-21)26-17-19-10-12-20(13-11-19)24-14-15-27-3;/h5-13,18,24H,4,14-17H2,1-3H3,(H2,23,25,26);1H. The Balaban J connectivity index is 0.00000420. The lowest BCUT2D eigenvalue weighted by Gasteiger charge is -2.16. The summed E-state index contributed by atoms with van der Waals surface area (Å²) in [5, 5.41) is 10.5. The molecule has 0 heterocycles. The van der Waals surface area contributed by atoms with Gasteiger partial charge in [0.05, 0.1) is 13.2 Å². The van der Waals surface area contributed by atoms with Gasteiger partial charge in [0.2, 0.25) is 0 Å². The van der Waals surface area contributed by atoms with Crippen molar-refractivity contribution in [2.45, 2.75) is 30.5 Å². The van der Waals surface area contributed by atoms with Crippen LogP contribution in [0.4, 0.5) is 5.69 Å². The van der Waals surface area contributed by atoms with E-state index in [2.05, 4.69) is 78.3 Å². The number of hydrogen-bond donors (Lipinski definition) is 3. The number of rotatable bonds is 11. The first-order valence-electron chi connectivity index (χ1n) is 9.77. The summed E-state index contributed by atoms with van der Waals surface area (Å²) < 4.78 is 5.05. The van der Waals surface area contributed by atoms with Gasteiger partial charge >= 0.3 is 0 Å². The molecule has 5 nitrogen and oxygen atoms in total. The molecule has 3 N–H and O–H groups in total. The monoisotopic (exact) mass is 528 g/mol. The number of thioether (sulfide) groups is 1. The van der Waals surface area contributed by atoms with Crippen molar-refractivity contribution in [2.24, 2.45) is 4.99 Å². The lowest BCUT2D eigenvalue weighted by atomic mass is 10.2. The molecule has 2 aromatic rings. The molecule has 0 saturated heterocycles. The van der Waals surface area contributed by atoms with E-state index >= 15 is 0 Å². The molecule has 0 aliphatic carbocycles. The SMILES string of the molecule is CCNC(=NCc1ccc(NCCOC)cc1)NCC(C)Sc1ccccc1.I. The molecule has 0 saturated carbocycles. The molecule has 7 heteroatoms. The molecule has 0 fully saturated rings. The fourth-order valence-corrected chi connectivity index (χ4v) is 3.50. The maximum absolute atomic E-state index is 5.05. The first-order valence-corrected chi connectivity index (χ1v) is 10.6. The summed E-state index contributed by atoms with van der Waals surface area (Å²) in [6.45, 7) is 8.16. The van der Waals surface area contributed by atoms with Gasteiger partial charge in [-0.2, -0.15) is 0 Å². The Morgan fingerprint density at radius 3 is 2.45 bits per heavy atom. The zero-order valence-electron chi connectivity index (χ0n) is 17.5. The van der Waals surface area contributed by atoms with Crippen LogP contribution in [0.25, 0.3) is 0 Å². The van der Waals surface area contributed by atoms with Crippen LogP contribution in [-0.4, -0.2) is 44.6 Å². The van der Waals surface area contributed by atoms with E-state index < -0.39 is 0 Å². The molecule has 1 atom stereocenters. The van der Waals surface area contributed by atoms with Crippen molar-refractivity contribution < 1.29 is 4.74 Å². The summed E-state index contributed by atoms with van der Waals surface area (Å²) in [6, 6.07) is 18.9. The summed E-state index contributed by atoms with van der Waals surface area (Å²) in [5.41, 5.74) is 2.28. The smallest absolute Gasteiger partial charge is 0.191 e. The minimum absolute atomic E-state index is 0. The molecule has 0 aliphatic rings. The van der Waals surface area contributed by atoms with Gasteiger partial charge in [0.1, 0.15) is 0 Å². The number of nitrogens with zero attached hydrogens (tertiary/aromatic N) is 1. The van der Waals surface area contributed by atoms with Crippen LogP contribution in [-0.2, 0) is 11.3 Å². The van der Waals surface area contributed by atoms with E-state index in [1.807, 2.05) is 17.8 Å². The molecule has 0 aliphatic heterocycles. The van der Waals surface area contributed by atoms with Crippen molar-refractivity contribution >= 4 is 47.4 Å². The van der Waals surface area contributed by atoms with Gasteiger partial charge in [0.25, 0.3) is 0 Å². The van der Waals surface area contributed by atoms with Gasteiger partial charge in [-0.25, -0.2) is 4.99 Å². The van der Waals surface area contributed by atoms with E-state index in [9.17, 15) is 0 Å². The Bertz CT molecular complexity index is 698. The zero-order chi connectivity index (χ0) is 20.0. The van der Waals surface area contributed by atoms with Crippen LogP contribution in [0, 0.1) is 0 Å². The first-order chi connectivity index (χ1) is 13.7. The summed E-state index contributed by atoms with van der Waals surface area (Å²) in [7, 11) is 1.71. The molecule has 2 aromatic carbocycles. The van der Waals surface area contributed by atoms with E-state index in [0.29, 0.717) is 18.4 Å². The van der Waals surface area contributed by atoms with Gasteiger partial charge in [0.15, 0.2) is 5.96 Å². The second-order valence-electron chi connectivity index (χ2n) is 6.43. The summed E-state index contributed by atoms with van der Waals surface area (Å²) in [4.78, 5) is 6.00. The number of halogens is 1. The van der Waals surface area contributed by atoms with E-state index in [-0.39, 0.29) is 24.0 Å². The second-order valence-corrected chi connectivity index (χ2v) is 7.95. The minimum atomic E-state index is 0. The molecule has 0 bridgehead atoms. The van der Waals surface area contributed by atoms with Crippen LogP contribution >= 0.6 is 35.7 Å². The third-order valence-corrected chi connectivity index (χ3v) is 5.10. The van der Waals surface area contributed by atoms with Gasteiger partial charge in [-0.3, -0.25) is 0 Å². The van der Waals surface area contributed by atoms with Gasteiger partial charge in [-0.05, 0) is 36.8 Å². The van der Waals surface area contributed by atoms with Crippen LogP contribution in [0.3, 0.4) is 0 Å². The van der Waals surface area contributed by atoms with Crippen LogP contribution in [0.5, 0.6) is 0 Å². The number of aliphatic imine (C=N–C) groups is 1. The number of methoxy groups -OCH3 is 1. The molecule has 0 radical (unpaired) electrons. The van der Waals surface area contributed by atoms with Crippen molar-refractivity contribution in [3.8, 4) is 0 Å². The van der Waals surface area contributed by atoms with Crippen LogP contribution in [0.15, 0.2) is 64.5 Å². The fourth-order valence-electron chi connectivity index (χ4n) is 2.55. The lowest BCUT2D eigenvalue weighted by molar-refractivity contribution is 0.211. The molecule has 29 heavy (non-hydrogen) atoms. The maximum atomic E-state index is 5.05. The van der Waals surface area contributed by atoms with E-state index in [1.165, 1.54) is 10.5 Å². The fraction of sp³-hybridized carbons (Fsp3) is 0.409. The number of nitrogens with one attached hydrogen (secondary N) is 3. The predicted octanol–water partition coefficient (Wildman–Crippen LogP) is 4.60. The number of hydrogen-bond acceptors (Lipinski definition) is 4. The normalized spacial score (nSPS) is 12.0. The second kappa shape index (κ2) is 15.4. The van der Waals surface area contributed by atoms with E-state index in [4.69, 9.17) is 9.73 Å². The van der Waals surface area contributed by atoms with Crippen molar-refractivity contribution in [3.05, 3.63) is 60.2 Å². The predicted molar refractivity (Wildman–Crippen MR) is 137 cm³/mol. The average molecular weight is 529 g/mol. The lowest BCUT2D eigenvalue weighted by Crippen LogP contribution is -2.40. The molecule has 0 aromatic heterocycles. The number of anilines is 1. The highest BCUT2D eigenvalue weighted by atomic mass is 127. The van der Waals surface area contributed by atoms with Gasteiger partial charge in [-0.15, -0.1) is 35.7 Å². The highest BCUT2D eigenvalue weighted by Crippen LogP contribution is 2.21. The average Bonchev–Trinajstić information content (AvgIpc) is 2.72. The van der Waals surface area contributed by atoms with E-state index in [1.54, 1.807) is 7.11 Å². The Morgan fingerprint density at radius 2 is 1.79 bits per heavy atom. The molecular weight excluding hydrogens is 495 g/mol. The number of ether oxygens (including phenoxy) is 1. The molecule has 1 unspecified atom stereocenters. The third-order valence-electron chi connectivity index (χ3n) is 3.99. The quantitative estimate of drug-likeness (QED) is 0.131. The first kappa shape index (κ1) is 25.6. The third kappa shape index (κ3) is 10.8. The Hall–Kier alpha value is -1.45. The van der Waals surface area contributed by atoms with Gasteiger partial charge in [0, 0.05) is 42.6 Å². The van der Waals surface area contributed by atoms with Gasteiger partial charge in [-0.1, -0.05) is 37.3 Å². The molecule has 2 rings (SSSR count). The molecule has 160 valence electrons. The topological polar surface area (TPSA) is 57.7 Å². The van der Waals surface area contributed by atoms with Crippen LogP contribution in [0.1, 0.15) is 19.4 Å². The molecule has 0 spiro atoms. The number of benzene rings is 2. The summed E-state index contributed by atoms with van der Waals surface area (Å²) in [5.74, 6) is 0.852. The molecule has 0 amide bonds. The van der Waals surface area contributed by atoms with Crippen LogP contribution < -0.4 is 16.0 Å². The molecular formula is C22H33IN4OS. The van der Waals surface area contributed by atoms with Crippen molar-refractivity contribution in [1.82, 2.24) is 10.6 Å². The van der Waals surface area contributed by atoms with Crippen LogP contribution in [0.2, 0.25) is 0 Å². The minimum Gasteiger partial charge on any atom is -0.383 e. The number of guanidine groups is 1. The Labute approximate surface area is 196 Å². The maximum Gasteiger partial charge on any atom is 0.191 e. The van der Waals surface area contributed by atoms with Crippen molar-refractivity contribution in [2.75, 3.05) is 38.7 Å². The summed E-state index contributed by atoms with van der Waals surface area (Å²) in [6.07, 6.45) is 0. The van der Waals surface area contributed by atoms with Crippen molar-refractivity contribution in [1.29, 1.82) is 0 Å². The van der Waals surface area contributed by atoms with Crippen molar-refractivity contribution in [3.63, 3.8) is 0 Å². The Kier molecular flexibility index (Phi) is 13.6. The highest BCUT2D eigenvalue weighted by molar-refractivity contribution is 14.0. The zero-order valence-corrected chi connectivity index (χ0v) is 20.6. The highest BCUT2D eigenvalue weighted by Gasteiger charge is 2.06.